The van der Waals surface area contributed by atoms with E-state index in [-0.39, 0.29) is 0 Å². The van der Waals surface area contributed by atoms with E-state index in [0.29, 0.717) is 5.92 Å². The van der Waals surface area contributed by atoms with Crippen LogP contribution in [0.15, 0.2) is 22.9 Å². The van der Waals surface area contributed by atoms with Crippen molar-refractivity contribution in [1.29, 1.82) is 0 Å². The van der Waals surface area contributed by atoms with Crippen LogP contribution in [0.25, 0.3) is 0 Å². The second kappa shape index (κ2) is 4.53. The molecule has 0 amide bonds. The first kappa shape index (κ1) is 9.62. The Morgan fingerprint density at radius 3 is 3.08 bits per heavy atom. The smallest absolute Gasteiger partial charge is 0.129 e. The second-order valence-corrected chi connectivity index (χ2v) is 3.22. The third kappa shape index (κ3) is 2.26. The van der Waals surface area contributed by atoms with Crippen LogP contribution >= 0.6 is 11.6 Å². The van der Waals surface area contributed by atoms with E-state index in [0.717, 1.165) is 23.6 Å². The summed E-state index contributed by atoms with van der Waals surface area (Å²) < 4.78 is 0. The zero-order chi connectivity index (χ0) is 8.97. The number of hydrogen-bond donors (Lipinski definition) is 1. The average Bonchev–Trinajstić information content (AvgIpc) is 2.05. The molecule has 2 nitrogen and oxygen atoms in total. The van der Waals surface area contributed by atoms with Crippen LogP contribution in [0.2, 0.25) is 0 Å². The molecular weight excluding hydrogens is 174 g/mol. The van der Waals surface area contributed by atoms with Gasteiger partial charge in [0.15, 0.2) is 0 Å². The van der Waals surface area contributed by atoms with Crippen molar-refractivity contribution in [3.8, 4) is 0 Å². The van der Waals surface area contributed by atoms with Gasteiger partial charge in [-0.2, -0.15) is 5.48 Å². The summed E-state index contributed by atoms with van der Waals surface area (Å²) in [5.74, 6) is 1.41. The summed E-state index contributed by atoms with van der Waals surface area (Å²) in [5.41, 5.74) is 2.67. The van der Waals surface area contributed by atoms with Gasteiger partial charge in [-0.25, -0.2) is 0 Å². The van der Waals surface area contributed by atoms with Gasteiger partial charge in [-0.1, -0.05) is 24.6 Å². The van der Waals surface area contributed by atoms with Crippen LogP contribution in [0.4, 0.5) is 0 Å². The maximum absolute atomic E-state index is 5.85. The van der Waals surface area contributed by atoms with Crippen LogP contribution in [0, 0.1) is 5.92 Å². The Bertz CT molecular complexity index is 211. The second-order valence-electron chi connectivity index (χ2n) is 2.78. The van der Waals surface area contributed by atoms with E-state index in [1.54, 1.807) is 7.05 Å². The number of allylic oxidation sites excluding steroid dienone is 4. The van der Waals surface area contributed by atoms with Crippen molar-refractivity contribution in [2.75, 3.05) is 7.05 Å². The minimum atomic E-state index is 0.472. The molecule has 0 radical (unpaired) electrons. The summed E-state index contributed by atoms with van der Waals surface area (Å²) in [6, 6.07) is 0. The van der Waals surface area contributed by atoms with Crippen LogP contribution in [-0.4, -0.2) is 7.05 Å². The van der Waals surface area contributed by atoms with Gasteiger partial charge >= 0.3 is 0 Å². The van der Waals surface area contributed by atoms with Gasteiger partial charge < -0.3 is 4.84 Å². The first-order valence-electron chi connectivity index (χ1n) is 4.18. The highest BCUT2D eigenvalue weighted by atomic mass is 35.5. The Balaban J connectivity index is 2.66. The van der Waals surface area contributed by atoms with E-state index >= 15 is 0 Å². The van der Waals surface area contributed by atoms with Gasteiger partial charge in [0.2, 0.25) is 0 Å². The molecule has 1 aliphatic carbocycles. The Morgan fingerprint density at radius 1 is 1.75 bits per heavy atom. The number of rotatable bonds is 3. The molecule has 3 heteroatoms. The highest BCUT2D eigenvalue weighted by Gasteiger charge is 2.16. The lowest BCUT2D eigenvalue weighted by atomic mass is 9.96. The molecule has 0 aromatic carbocycles. The van der Waals surface area contributed by atoms with Crippen molar-refractivity contribution in [2.24, 2.45) is 5.92 Å². The van der Waals surface area contributed by atoms with Crippen LogP contribution < -0.4 is 5.48 Å². The summed E-state index contributed by atoms with van der Waals surface area (Å²) in [5, 5.41) is 0.768. The van der Waals surface area contributed by atoms with E-state index in [4.69, 9.17) is 16.4 Å². The molecule has 0 heterocycles. The molecule has 0 aromatic heterocycles. The molecule has 0 aromatic rings. The molecule has 1 rings (SSSR count). The van der Waals surface area contributed by atoms with Crippen molar-refractivity contribution >= 4 is 11.6 Å². The molecule has 1 unspecified atom stereocenters. The quantitative estimate of drug-likeness (QED) is 0.686. The zero-order valence-electron chi connectivity index (χ0n) is 7.43. The predicted molar refractivity (Wildman–Crippen MR) is 50.6 cm³/mol. The van der Waals surface area contributed by atoms with Gasteiger partial charge in [0.05, 0.1) is 0 Å². The van der Waals surface area contributed by atoms with Gasteiger partial charge in [0.1, 0.15) is 5.76 Å². The zero-order valence-corrected chi connectivity index (χ0v) is 8.19. The third-order valence-corrected chi connectivity index (χ3v) is 2.26. The van der Waals surface area contributed by atoms with Crippen LogP contribution in [-0.2, 0) is 4.84 Å². The lowest BCUT2D eigenvalue weighted by molar-refractivity contribution is 0.0981. The van der Waals surface area contributed by atoms with Gasteiger partial charge in [-0.3, -0.25) is 0 Å². The Kier molecular flexibility index (Phi) is 3.63. The monoisotopic (exact) mass is 187 g/mol. The van der Waals surface area contributed by atoms with Gasteiger partial charge in [0.25, 0.3) is 0 Å². The minimum absolute atomic E-state index is 0.472. The first-order chi connectivity index (χ1) is 5.77. The van der Waals surface area contributed by atoms with Crippen LogP contribution in [0.5, 0.6) is 0 Å². The molecule has 0 spiro atoms. The van der Waals surface area contributed by atoms with E-state index in [1.807, 2.05) is 12.2 Å². The van der Waals surface area contributed by atoms with Gasteiger partial charge in [-0.05, 0) is 18.9 Å². The lowest BCUT2D eigenvalue weighted by Crippen LogP contribution is -2.15. The van der Waals surface area contributed by atoms with E-state index in [9.17, 15) is 0 Å². The SMILES string of the molecule is CCC1CC=C(Cl)C=C1ONC. The maximum atomic E-state index is 5.85. The Labute approximate surface area is 78.2 Å². The summed E-state index contributed by atoms with van der Waals surface area (Å²) in [4.78, 5) is 5.24. The van der Waals surface area contributed by atoms with Gasteiger partial charge in [-0.15, -0.1) is 0 Å². The van der Waals surface area contributed by atoms with E-state index in [1.165, 1.54) is 0 Å². The highest BCUT2D eigenvalue weighted by Crippen LogP contribution is 2.27. The van der Waals surface area contributed by atoms with Crippen LogP contribution in [0.3, 0.4) is 0 Å². The number of hydrogen-bond acceptors (Lipinski definition) is 2. The predicted octanol–water partition coefficient (Wildman–Crippen LogP) is 2.57. The summed E-state index contributed by atoms with van der Waals surface area (Å²) in [6.45, 7) is 2.14. The molecule has 0 saturated carbocycles. The summed E-state index contributed by atoms with van der Waals surface area (Å²) in [6.07, 6.45) is 5.95. The molecule has 1 N–H and O–H groups in total. The lowest BCUT2D eigenvalue weighted by Gasteiger charge is -2.20. The first-order valence-corrected chi connectivity index (χ1v) is 4.56. The van der Waals surface area contributed by atoms with Crippen LogP contribution in [0.1, 0.15) is 19.8 Å². The number of halogens is 1. The molecular formula is C9H14ClNO. The van der Waals surface area contributed by atoms with Crippen molar-refractivity contribution < 1.29 is 4.84 Å². The maximum Gasteiger partial charge on any atom is 0.129 e. The molecule has 68 valence electrons. The molecule has 0 fully saturated rings. The fourth-order valence-electron chi connectivity index (χ4n) is 1.28. The highest BCUT2D eigenvalue weighted by molar-refractivity contribution is 6.31. The van der Waals surface area contributed by atoms with Gasteiger partial charge in [0, 0.05) is 18.0 Å². The Morgan fingerprint density at radius 2 is 2.50 bits per heavy atom. The largest absolute Gasteiger partial charge is 0.413 e. The van der Waals surface area contributed by atoms with E-state index in [2.05, 4.69) is 12.4 Å². The number of hydroxylamine groups is 1. The summed E-state index contributed by atoms with van der Waals surface area (Å²) in [7, 11) is 1.75. The number of nitrogens with one attached hydrogen (secondary N) is 1. The molecule has 1 atom stereocenters. The van der Waals surface area contributed by atoms with Crippen molar-refractivity contribution in [1.82, 2.24) is 5.48 Å². The van der Waals surface area contributed by atoms with Crippen molar-refractivity contribution in [3.63, 3.8) is 0 Å². The standard InChI is InChI=1S/C9H14ClNO/c1-3-7-4-5-8(10)6-9(7)12-11-2/h5-7,11H,3-4H2,1-2H3. The minimum Gasteiger partial charge on any atom is -0.413 e. The molecule has 12 heavy (non-hydrogen) atoms. The fraction of sp³-hybridized carbons (Fsp3) is 0.556. The van der Waals surface area contributed by atoms with Crippen molar-refractivity contribution in [3.05, 3.63) is 22.9 Å². The molecule has 0 aliphatic heterocycles. The van der Waals surface area contributed by atoms with E-state index < -0.39 is 0 Å². The third-order valence-electron chi connectivity index (χ3n) is 1.99. The normalized spacial score (nSPS) is 23.1. The average molecular weight is 188 g/mol. The van der Waals surface area contributed by atoms with Crippen molar-refractivity contribution in [2.45, 2.75) is 19.8 Å². The molecule has 0 saturated heterocycles. The topological polar surface area (TPSA) is 21.3 Å². The Hall–Kier alpha value is -0.470. The fourth-order valence-corrected chi connectivity index (χ4v) is 1.48. The summed E-state index contributed by atoms with van der Waals surface area (Å²) >= 11 is 5.85. The molecule has 1 aliphatic rings. The molecule has 0 bridgehead atoms.